The summed E-state index contributed by atoms with van der Waals surface area (Å²) in [7, 11) is 0. The number of benzene rings is 1. The maximum absolute atomic E-state index is 12.3. The molecule has 1 unspecified atom stereocenters. The van der Waals surface area contributed by atoms with Crippen molar-refractivity contribution in [2.24, 2.45) is 0 Å². The molecule has 1 atom stereocenters. The zero-order valence-corrected chi connectivity index (χ0v) is 14.4. The van der Waals surface area contributed by atoms with Crippen LogP contribution in [0.3, 0.4) is 0 Å². The lowest BCUT2D eigenvalue weighted by Crippen LogP contribution is -2.54. The van der Waals surface area contributed by atoms with Gasteiger partial charge in [0.15, 0.2) is 0 Å². The van der Waals surface area contributed by atoms with Gasteiger partial charge in [0.05, 0.1) is 0 Å². The normalized spacial score (nSPS) is 19.8. The SMILES string of the molecule is CC(C)NC(=O)Nc1ccc(C(=O)NC2(C(=O)O)CCSC2)cc1. The van der Waals surface area contributed by atoms with Gasteiger partial charge in [0.1, 0.15) is 5.54 Å². The number of carboxylic acids is 1. The second-order valence-corrected chi connectivity index (χ2v) is 7.08. The Kier molecular flexibility index (Phi) is 5.71. The predicted molar refractivity (Wildman–Crippen MR) is 93.5 cm³/mol. The lowest BCUT2D eigenvalue weighted by atomic mass is 9.98. The minimum atomic E-state index is -1.20. The minimum Gasteiger partial charge on any atom is -0.479 e. The number of rotatable bonds is 5. The molecule has 1 aliphatic heterocycles. The highest BCUT2D eigenvalue weighted by atomic mass is 32.2. The lowest BCUT2D eigenvalue weighted by Gasteiger charge is -2.24. The molecular weight excluding hydrogens is 330 g/mol. The fourth-order valence-corrected chi connectivity index (χ4v) is 3.64. The molecule has 2 rings (SSSR count). The zero-order valence-electron chi connectivity index (χ0n) is 13.6. The Morgan fingerprint density at radius 2 is 1.88 bits per heavy atom. The van der Waals surface area contributed by atoms with Crippen molar-refractivity contribution in [2.75, 3.05) is 16.8 Å². The number of aliphatic carboxylic acids is 1. The highest BCUT2D eigenvalue weighted by molar-refractivity contribution is 7.99. The van der Waals surface area contributed by atoms with E-state index in [9.17, 15) is 19.5 Å². The summed E-state index contributed by atoms with van der Waals surface area (Å²) >= 11 is 1.51. The number of nitrogens with one attached hydrogen (secondary N) is 3. The number of hydrogen-bond acceptors (Lipinski definition) is 4. The summed E-state index contributed by atoms with van der Waals surface area (Å²) in [6, 6.07) is 6.01. The molecule has 0 aliphatic carbocycles. The quantitative estimate of drug-likeness (QED) is 0.648. The summed E-state index contributed by atoms with van der Waals surface area (Å²) < 4.78 is 0. The van der Waals surface area contributed by atoms with Gasteiger partial charge in [-0.1, -0.05) is 0 Å². The number of hydrogen-bond donors (Lipinski definition) is 4. The molecule has 24 heavy (non-hydrogen) atoms. The van der Waals surface area contributed by atoms with Crippen LogP contribution in [0, 0.1) is 0 Å². The number of urea groups is 1. The van der Waals surface area contributed by atoms with Gasteiger partial charge in [0, 0.05) is 23.0 Å². The molecule has 1 saturated heterocycles. The van der Waals surface area contributed by atoms with Crippen molar-refractivity contribution >= 4 is 35.4 Å². The number of carbonyl (C=O) groups is 3. The van der Waals surface area contributed by atoms with E-state index in [-0.39, 0.29) is 12.1 Å². The molecule has 0 bridgehead atoms. The van der Waals surface area contributed by atoms with Gasteiger partial charge in [0.2, 0.25) is 0 Å². The molecule has 1 aromatic carbocycles. The maximum Gasteiger partial charge on any atom is 0.330 e. The first-order chi connectivity index (χ1) is 11.3. The summed E-state index contributed by atoms with van der Waals surface area (Å²) in [4.78, 5) is 35.4. The molecule has 130 valence electrons. The highest BCUT2D eigenvalue weighted by Gasteiger charge is 2.43. The van der Waals surface area contributed by atoms with Crippen molar-refractivity contribution in [1.82, 2.24) is 10.6 Å². The van der Waals surface area contributed by atoms with E-state index in [2.05, 4.69) is 16.0 Å². The van der Waals surface area contributed by atoms with Crippen molar-refractivity contribution < 1.29 is 19.5 Å². The molecule has 1 aromatic rings. The molecule has 0 spiro atoms. The number of carbonyl (C=O) groups excluding carboxylic acids is 2. The molecule has 0 saturated carbocycles. The first-order valence-electron chi connectivity index (χ1n) is 7.64. The molecule has 3 amide bonds. The molecule has 1 aliphatic rings. The van der Waals surface area contributed by atoms with Gasteiger partial charge in [0.25, 0.3) is 5.91 Å². The van der Waals surface area contributed by atoms with Crippen LogP contribution in [-0.4, -0.2) is 46.1 Å². The fourth-order valence-electron chi connectivity index (χ4n) is 2.31. The molecule has 8 heteroatoms. The fraction of sp³-hybridized carbons (Fsp3) is 0.438. The van der Waals surface area contributed by atoms with Crippen LogP contribution in [-0.2, 0) is 4.79 Å². The van der Waals surface area contributed by atoms with E-state index in [0.29, 0.717) is 29.2 Å². The Labute approximate surface area is 144 Å². The Bertz CT molecular complexity index is 625. The van der Waals surface area contributed by atoms with E-state index in [1.165, 1.54) is 11.8 Å². The average Bonchev–Trinajstić information content (AvgIpc) is 2.97. The first kappa shape index (κ1) is 18.1. The van der Waals surface area contributed by atoms with Gasteiger partial charge in [-0.05, 0) is 50.3 Å². The molecule has 0 radical (unpaired) electrons. The highest BCUT2D eigenvalue weighted by Crippen LogP contribution is 2.28. The Hall–Kier alpha value is -2.22. The van der Waals surface area contributed by atoms with Gasteiger partial charge in [-0.3, -0.25) is 4.79 Å². The predicted octanol–water partition coefficient (Wildman–Crippen LogP) is 1.91. The largest absolute Gasteiger partial charge is 0.479 e. The summed E-state index contributed by atoms with van der Waals surface area (Å²) in [6.07, 6.45) is 0.410. The van der Waals surface area contributed by atoms with Crippen LogP contribution in [0.5, 0.6) is 0 Å². The molecule has 1 heterocycles. The molecule has 7 nitrogen and oxygen atoms in total. The van der Waals surface area contributed by atoms with Crippen LogP contribution in [0.4, 0.5) is 10.5 Å². The van der Waals surface area contributed by atoms with Gasteiger partial charge in [-0.15, -0.1) is 0 Å². The monoisotopic (exact) mass is 351 g/mol. The smallest absolute Gasteiger partial charge is 0.330 e. The number of carboxylic acid groups (broad SMARTS) is 1. The van der Waals surface area contributed by atoms with Crippen molar-refractivity contribution in [1.29, 1.82) is 0 Å². The molecule has 0 aromatic heterocycles. The van der Waals surface area contributed by atoms with Crippen molar-refractivity contribution in [3.63, 3.8) is 0 Å². The average molecular weight is 351 g/mol. The van der Waals surface area contributed by atoms with E-state index < -0.39 is 17.4 Å². The van der Waals surface area contributed by atoms with Crippen molar-refractivity contribution in [3.8, 4) is 0 Å². The van der Waals surface area contributed by atoms with E-state index in [1.54, 1.807) is 24.3 Å². The third-order valence-corrected chi connectivity index (χ3v) is 4.80. The first-order valence-corrected chi connectivity index (χ1v) is 8.79. The summed E-state index contributed by atoms with van der Waals surface area (Å²) in [5, 5.41) is 17.4. The molecule has 1 fully saturated rings. The van der Waals surface area contributed by atoms with Crippen LogP contribution >= 0.6 is 11.8 Å². The topological polar surface area (TPSA) is 108 Å². The summed E-state index contributed by atoms with van der Waals surface area (Å²) in [6.45, 7) is 3.71. The van der Waals surface area contributed by atoms with Gasteiger partial charge >= 0.3 is 12.0 Å². The van der Waals surface area contributed by atoms with E-state index in [4.69, 9.17) is 0 Å². The lowest BCUT2D eigenvalue weighted by molar-refractivity contribution is -0.143. The van der Waals surface area contributed by atoms with E-state index in [1.807, 2.05) is 13.8 Å². The van der Waals surface area contributed by atoms with E-state index in [0.717, 1.165) is 0 Å². The van der Waals surface area contributed by atoms with Gasteiger partial charge < -0.3 is 21.1 Å². The van der Waals surface area contributed by atoms with Gasteiger partial charge in [-0.25, -0.2) is 9.59 Å². The second kappa shape index (κ2) is 7.57. The van der Waals surface area contributed by atoms with Crippen LogP contribution in [0.15, 0.2) is 24.3 Å². The van der Waals surface area contributed by atoms with E-state index >= 15 is 0 Å². The van der Waals surface area contributed by atoms with Crippen LogP contribution in [0.1, 0.15) is 30.6 Å². The third-order valence-electron chi connectivity index (χ3n) is 3.61. The number of thioether (sulfide) groups is 1. The third kappa shape index (κ3) is 4.41. The van der Waals surface area contributed by atoms with Gasteiger partial charge in [-0.2, -0.15) is 11.8 Å². The van der Waals surface area contributed by atoms with Crippen LogP contribution < -0.4 is 16.0 Å². The minimum absolute atomic E-state index is 0.0199. The number of amides is 3. The van der Waals surface area contributed by atoms with Crippen LogP contribution in [0.2, 0.25) is 0 Å². The van der Waals surface area contributed by atoms with Crippen molar-refractivity contribution in [3.05, 3.63) is 29.8 Å². The summed E-state index contributed by atoms with van der Waals surface area (Å²) in [5.41, 5.74) is -0.299. The Morgan fingerprint density at radius 1 is 1.21 bits per heavy atom. The van der Waals surface area contributed by atoms with Crippen LogP contribution in [0.25, 0.3) is 0 Å². The molecule has 4 N–H and O–H groups in total. The molecular formula is C16H21N3O4S. The Morgan fingerprint density at radius 3 is 2.38 bits per heavy atom. The van der Waals surface area contributed by atoms with Crippen molar-refractivity contribution in [2.45, 2.75) is 31.8 Å². The number of anilines is 1. The maximum atomic E-state index is 12.3. The standard InChI is InChI=1S/C16H21N3O4S/c1-10(2)17-15(23)18-12-5-3-11(4-6-12)13(20)19-16(14(21)22)7-8-24-9-16/h3-6,10H,7-9H2,1-2H3,(H,19,20)(H,21,22)(H2,17,18,23). The second-order valence-electron chi connectivity index (χ2n) is 5.97. The Balaban J connectivity index is 2.01. The zero-order chi connectivity index (χ0) is 17.7. The summed E-state index contributed by atoms with van der Waals surface area (Å²) in [5.74, 6) is -0.369.